The molecular weight excluding hydrogens is 184 g/mol. The van der Waals surface area contributed by atoms with Gasteiger partial charge in [-0.1, -0.05) is 15.9 Å². The van der Waals surface area contributed by atoms with Gasteiger partial charge in [0.1, 0.15) is 0 Å². The van der Waals surface area contributed by atoms with Crippen LogP contribution in [0.2, 0.25) is 0 Å². The lowest BCUT2D eigenvalue weighted by Gasteiger charge is -1.91. The number of esters is 1. The Labute approximate surface area is 63.0 Å². The molecule has 0 aliphatic carbocycles. The van der Waals surface area contributed by atoms with E-state index in [1.807, 2.05) is 6.92 Å². The minimum Gasteiger partial charge on any atom is -0.435 e. The molecule has 0 aliphatic heterocycles. The van der Waals surface area contributed by atoms with Crippen molar-refractivity contribution in [2.75, 3.05) is 0 Å². The van der Waals surface area contributed by atoms with Crippen LogP contribution in [0, 0.1) is 0 Å². The summed E-state index contributed by atoms with van der Waals surface area (Å²) < 4.78 is 4.50. The van der Waals surface area contributed by atoms with Crippen LogP contribution in [-0.2, 0) is 9.53 Å². The second-order valence-corrected chi connectivity index (χ2v) is 3.06. The molecule has 0 aliphatic rings. The number of allylic oxidation sites excluding steroid dienone is 1. The summed E-state index contributed by atoms with van der Waals surface area (Å²) in [6, 6.07) is 0. The molecular formula is C6H9BrO2. The Morgan fingerprint density at radius 2 is 2.33 bits per heavy atom. The summed E-state index contributed by atoms with van der Waals surface area (Å²) in [4.78, 5) is 10.4. The maximum Gasteiger partial charge on any atom is 0.307 e. The summed E-state index contributed by atoms with van der Waals surface area (Å²) in [6.07, 6.45) is 3.11. The second kappa shape index (κ2) is 4.56. The third-order valence-electron chi connectivity index (χ3n) is 0.578. The van der Waals surface area contributed by atoms with E-state index < -0.39 is 0 Å². The number of ether oxygens (including phenoxy) is 1. The zero-order chi connectivity index (χ0) is 7.28. The number of hydrogen-bond donors (Lipinski definition) is 0. The highest BCUT2D eigenvalue weighted by Crippen LogP contribution is 1.97. The van der Waals surface area contributed by atoms with Crippen LogP contribution in [0.25, 0.3) is 0 Å². The summed E-state index contributed by atoms with van der Waals surface area (Å²) in [6.45, 7) is 3.29. The van der Waals surface area contributed by atoms with Gasteiger partial charge in [-0.3, -0.25) is 4.79 Å². The Bertz CT molecular complexity index is 118. The lowest BCUT2D eigenvalue weighted by Crippen LogP contribution is -1.91. The molecule has 0 aromatic heterocycles. The summed E-state index contributed by atoms with van der Waals surface area (Å²) in [7, 11) is 0. The van der Waals surface area contributed by atoms with Gasteiger partial charge < -0.3 is 4.74 Å². The Morgan fingerprint density at radius 1 is 1.78 bits per heavy atom. The van der Waals surface area contributed by atoms with Gasteiger partial charge in [-0.2, -0.15) is 0 Å². The van der Waals surface area contributed by atoms with E-state index in [1.54, 1.807) is 6.08 Å². The van der Waals surface area contributed by atoms with Crippen molar-refractivity contribution in [3.63, 3.8) is 0 Å². The zero-order valence-electron chi connectivity index (χ0n) is 5.43. The van der Waals surface area contributed by atoms with Gasteiger partial charge in [0.15, 0.2) is 0 Å². The molecule has 0 rings (SSSR count). The van der Waals surface area contributed by atoms with E-state index >= 15 is 0 Å². The van der Waals surface area contributed by atoms with E-state index in [4.69, 9.17) is 0 Å². The highest BCUT2D eigenvalue weighted by atomic mass is 79.9. The molecule has 2 nitrogen and oxygen atoms in total. The van der Waals surface area contributed by atoms with Gasteiger partial charge in [-0.05, 0) is 13.0 Å². The van der Waals surface area contributed by atoms with E-state index in [2.05, 4.69) is 20.7 Å². The molecule has 9 heavy (non-hydrogen) atoms. The van der Waals surface area contributed by atoms with E-state index in [0.29, 0.717) is 0 Å². The summed E-state index contributed by atoms with van der Waals surface area (Å²) >= 11 is 3.25. The molecule has 0 saturated heterocycles. The molecule has 0 saturated carbocycles. The summed E-state index contributed by atoms with van der Waals surface area (Å²) in [5.74, 6) is -0.292. The zero-order valence-corrected chi connectivity index (χ0v) is 7.01. The van der Waals surface area contributed by atoms with Crippen molar-refractivity contribution in [2.45, 2.75) is 18.7 Å². The smallest absolute Gasteiger partial charge is 0.307 e. The highest BCUT2D eigenvalue weighted by Gasteiger charge is 1.87. The normalized spacial score (nSPS) is 13.7. The van der Waals surface area contributed by atoms with Gasteiger partial charge >= 0.3 is 5.97 Å². The minimum absolute atomic E-state index is 0.247. The Morgan fingerprint density at radius 3 is 2.67 bits per heavy atom. The SMILES string of the molecule is CC(=O)O/C=C/C(C)Br. The van der Waals surface area contributed by atoms with Gasteiger partial charge in [0.25, 0.3) is 0 Å². The van der Waals surface area contributed by atoms with E-state index in [-0.39, 0.29) is 10.8 Å². The maximum atomic E-state index is 10.1. The topological polar surface area (TPSA) is 26.3 Å². The summed E-state index contributed by atoms with van der Waals surface area (Å²) in [5.41, 5.74) is 0. The molecule has 3 heteroatoms. The highest BCUT2D eigenvalue weighted by molar-refractivity contribution is 9.09. The maximum absolute atomic E-state index is 10.1. The molecule has 0 spiro atoms. The number of rotatable bonds is 2. The molecule has 0 bridgehead atoms. The van der Waals surface area contributed by atoms with Crippen molar-refractivity contribution in [3.8, 4) is 0 Å². The van der Waals surface area contributed by atoms with Crippen LogP contribution in [-0.4, -0.2) is 10.8 Å². The molecule has 0 heterocycles. The van der Waals surface area contributed by atoms with Gasteiger partial charge in [-0.15, -0.1) is 0 Å². The molecule has 0 aromatic carbocycles. The second-order valence-electron chi connectivity index (χ2n) is 1.62. The van der Waals surface area contributed by atoms with Crippen LogP contribution < -0.4 is 0 Å². The largest absolute Gasteiger partial charge is 0.435 e. The average molecular weight is 193 g/mol. The van der Waals surface area contributed by atoms with Crippen molar-refractivity contribution in [3.05, 3.63) is 12.3 Å². The number of hydrogen-bond acceptors (Lipinski definition) is 2. The van der Waals surface area contributed by atoms with E-state index in [1.165, 1.54) is 13.2 Å². The number of halogens is 1. The first-order valence-electron chi connectivity index (χ1n) is 2.61. The van der Waals surface area contributed by atoms with Crippen LogP contribution >= 0.6 is 15.9 Å². The number of carbonyl (C=O) groups excluding carboxylic acids is 1. The Hall–Kier alpha value is -0.310. The van der Waals surface area contributed by atoms with E-state index in [9.17, 15) is 4.79 Å². The molecule has 1 unspecified atom stereocenters. The Balaban J connectivity index is 3.36. The molecule has 0 N–H and O–H groups in total. The first kappa shape index (κ1) is 8.69. The van der Waals surface area contributed by atoms with Gasteiger partial charge in [0.05, 0.1) is 6.26 Å². The summed E-state index contributed by atoms with van der Waals surface area (Å²) in [5, 5.41) is 0. The third-order valence-corrected chi connectivity index (χ3v) is 0.883. The Kier molecular flexibility index (Phi) is 4.40. The van der Waals surface area contributed by atoms with Gasteiger partial charge in [-0.25, -0.2) is 0 Å². The lowest BCUT2D eigenvalue weighted by molar-refractivity contribution is -0.135. The van der Waals surface area contributed by atoms with Crippen LogP contribution in [0.4, 0.5) is 0 Å². The molecule has 0 fully saturated rings. The predicted molar refractivity (Wildman–Crippen MR) is 39.3 cm³/mol. The van der Waals surface area contributed by atoms with Crippen LogP contribution in [0.15, 0.2) is 12.3 Å². The van der Waals surface area contributed by atoms with Crippen LogP contribution in [0.5, 0.6) is 0 Å². The quantitative estimate of drug-likeness (QED) is 0.380. The number of carbonyl (C=O) groups is 1. The van der Waals surface area contributed by atoms with Crippen molar-refractivity contribution in [1.82, 2.24) is 0 Å². The lowest BCUT2D eigenvalue weighted by atomic mass is 10.5. The molecule has 0 amide bonds. The van der Waals surface area contributed by atoms with Crippen molar-refractivity contribution in [2.24, 2.45) is 0 Å². The van der Waals surface area contributed by atoms with Crippen LogP contribution in [0.1, 0.15) is 13.8 Å². The monoisotopic (exact) mass is 192 g/mol. The average Bonchev–Trinajstić information content (AvgIpc) is 1.63. The fourth-order valence-corrected chi connectivity index (χ4v) is 0.368. The van der Waals surface area contributed by atoms with Crippen molar-refractivity contribution >= 4 is 21.9 Å². The first-order valence-corrected chi connectivity index (χ1v) is 3.52. The van der Waals surface area contributed by atoms with Gasteiger partial charge in [0.2, 0.25) is 0 Å². The fourth-order valence-electron chi connectivity index (χ4n) is 0.243. The molecule has 0 aromatic rings. The van der Waals surface area contributed by atoms with Crippen molar-refractivity contribution in [1.29, 1.82) is 0 Å². The minimum atomic E-state index is -0.292. The predicted octanol–water partition coefficient (Wildman–Crippen LogP) is 1.85. The first-order chi connectivity index (χ1) is 4.13. The standard InChI is InChI=1S/C6H9BrO2/c1-5(7)3-4-9-6(2)8/h3-5H,1-2H3/b4-3+. The molecule has 0 radical (unpaired) electrons. The molecule has 52 valence electrons. The van der Waals surface area contributed by atoms with E-state index in [0.717, 1.165) is 0 Å². The van der Waals surface area contributed by atoms with Crippen LogP contribution in [0.3, 0.4) is 0 Å². The molecule has 1 atom stereocenters. The van der Waals surface area contributed by atoms with Crippen molar-refractivity contribution < 1.29 is 9.53 Å². The number of alkyl halides is 1. The van der Waals surface area contributed by atoms with Gasteiger partial charge in [0, 0.05) is 11.8 Å². The fraction of sp³-hybridized carbons (Fsp3) is 0.500. The third kappa shape index (κ3) is 7.69.